The molecule has 132 valence electrons. The number of halogens is 2. The van der Waals surface area contributed by atoms with Gasteiger partial charge in [0, 0.05) is 25.3 Å². The lowest BCUT2D eigenvalue weighted by Crippen LogP contribution is -2.37. The van der Waals surface area contributed by atoms with Gasteiger partial charge in [0.15, 0.2) is 0 Å². The Morgan fingerprint density at radius 1 is 1.32 bits per heavy atom. The summed E-state index contributed by atoms with van der Waals surface area (Å²) < 4.78 is 18.9. The fraction of sp³-hybridized carbons (Fsp3) is 0.316. The predicted molar refractivity (Wildman–Crippen MR) is 93.2 cm³/mol. The molecule has 1 aliphatic rings. The van der Waals surface area contributed by atoms with Crippen molar-refractivity contribution < 1.29 is 19.0 Å². The fourth-order valence-electron chi connectivity index (χ4n) is 2.94. The number of phenols is 1. The summed E-state index contributed by atoms with van der Waals surface area (Å²) in [6.45, 7) is 1.29. The molecular weight excluding hydrogens is 345 g/mol. The summed E-state index contributed by atoms with van der Waals surface area (Å²) in [5.74, 6) is -0.686. The molecule has 4 nitrogen and oxygen atoms in total. The smallest absolute Gasteiger partial charge is 0.255 e. The lowest BCUT2D eigenvalue weighted by molar-refractivity contribution is 0.0506. The lowest BCUT2D eigenvalue weighted by Gasteiger charge is -2.26. The van der Waals surface area contributed by atoms with Crippen LogP contribution in [0, 0.1) is 5.82 Å². The average molecular weight is 364 g/mol. The zero-order valence-electron chi connectivity index (χ0n) is 13.6. The van der Waals surface area contributed by atoms with Crippen LogP contribution in [0.2, 0.25) is 5.02 Å². The van der Waals surface area contributed by atoms with Crippen molar-refractivity contribution in [2.24, 2.45) is 0 Å². The molecule has 0 aliphatic carbocycles. The number of carbonyl (C=O) groups excluding carboxylic acids is 1. The number of hydrogen-bond acceptors (Lipinski definition) is 3. The average Bonchev–Trinajstić information content (AvgIpc) is 3.09. The van der Waals surface area contributed by atoms with Crippen molar-refractivity contribution >= 4 is 17.5 Å². The SMILES string of the molecule is O=C(c1ccc(F)cc1Cl)N(Cc1ccccc1O)CC1CCCO1. The van der Waals surface area contributed by atoms with Gasteiger partial charge in [-0.2, -0.15) is 0 Å². The highest BCUT2D eigenvalue weighted by Crippen LogP contribution is 2.24. The van der Waals surface area contributed by atoms with Crippen molar-refractivity contribution in [1.82, 2.24) is 4.90 Å². The molecule has 0 saturated carbocycles. The van der Waals surface area contributed by atoms with E-state index in [0.29, 0.717) is 18.7 Å². The van der Waals surface area contributed by atoms with E-state index in [1.54, 1.807) is 29.2 Å². The number of phenolic OH excluding ortho intramolecular Hbond substituents is 1. The van der Waals surface area contributed by atoms with Crippen molar-refractivity contribution in [1.29, 1.82) is 0 Å². The van der Waals surface area contributed by atoms with Crippen molar-refractivity contribution in [3.63, 3.8) is 0 Å². The maximum atomic E-state index is 13.3. The first kappa shape index (κ1) is 17.7. The molecule has 1 heterocycles. The first-order valence-electron chi connectivity index (χ1n) is 8.17. The quantitative estimate of drug-likeness (QED) is 0.873. The van der Waals surface area contributed by atoms with E-state index in [9.17, 15) is 14.3 Å². The molecule has 1 aliphatic heterocycles. The first-order valence-corrected chi connectivity index (χ1v) is 8.55. The van der Waals surface area contributed by atoms with E-state index in [4.69, 9.17) is 16.3 Å². The second-order valence-corrected chi connectivity index (χ2v) is 6.48. The number of benzene rings is 2. The van der Waals surface area contributed by atoms with Crippen LogP contribution in [0.15, 0.2) is 42.5 Å². The molecule has 1 fully saturated rings. The van der Waals surface area contributed by atoms with E-state index in [2.05, 4.69) is 0 Å². The zero-order valence-corrected chi connectivity index (χ0v) is 14.4. The molecule has 0 spiro atoms. The van der Waals surface area contributed by atoms with Crippen LogP contribution in [0.4, 0.5) is 4.39 Å². The minimum absolute atomic E-state index is 0.0472. The zero-order chi connectivity index (χ0) is 17.8. The number of nitrogens with zero attached hydrogens (tertiary/aromatic N) is 1. The van der Waals surface area contributed by atoms with Crippen LogP contribution in [0.3, 0.4) is 0 Å². The summed E-state index contributed by atoms with van der Waals surface area (Å²) in [5.41, 5.74) is 0.864. The summed E-state index contributed by atoms with van der Waals surface area (Å²) in [7, 11) is 0. The van der Waals surface area contributed by atoms with Crippen LogP contribution in [-0.2, 0) is 11.3 Å². The monoisotopic (exact) mass is 363 g/mol. The highest BCUT2D eigenvalue weighted by molar-refractivity contribution is 6.33. The molecule has 1 amide bonds. The second kappa shape index (κ2) is 7.85. The Labute approximate surface area is 150 Å². The molecule has 2 aromatic rings. The van der Waals surface area contributed by atoms with E-state index in [-0.39, 0.29) is 34.9 Å². The number of ether oxygens (including phenoxy) is 1. The molecule has 6 heteroatoms. The molecular formula is C19H19ClFNO3. The minimum Gasteiger partial charge on any atom is -0.508 e. The number of para-hydroxylation sites is 1. The Morgan fingerprint density at radius 3 is 2.80 bits per heavy atom. The largest absolute Gasteiger partial charge is 0.508 e. The van der Waals surface area contributed by atoms with Gasteiger partial charge < -0.3 is 14.7 Å². The first-order chi connectivity index (χ1) is 12.0. The van der Waals surface area contributed by atoms with Crippen LogP contribution in [0.25, 0.3) is 0 Å². The molecule has 1 saturated heterocycles. The van der Waals surface area contributed by atoms with Gasteiger partial charge in [0.1, 0.15) is 11.6 Å². The molecule has 1 N–H and O–H groups in total. The number of aromatic hydroxyl groups is 1. The third-order valence-corrected chi connectivity index (χ3v) is 4.56. The number of rotatable bonds is 5. The third kappa shape index (κ3) is 4.30. The molecule has 0 bridgehead atoms. The normalized spacial score (nSPS) is 16.8. The lowest BCUT2D eigenvalue weighted by atomic mass is 10.1. The molecule has 3 rings (SSSR count). The maximum Gasteiger partial charge on any atom is 0.255 e. The number of carbonyl (C=O) groups is 1. The van der Waals surface area contributed by atoms with Gasteiger partial charge in [-0.3, -0.25) is 4.79 Å². The Morgan fingerprint density at radius 2 is 2.12 bits per heavy atom. The van der Waals surface area contributed by atoms with Gasteiger partial charge in [0.25, 0.3) is 5.91 Å². The number of amides is 1. The van der Waals surface area contributed by atoms with Gasteiger partial charge >= 0.3 is 0 Å². The van der Waals surface area contributed by atoms with Crippen LogP contribution in [-0.4, -0.2) is 35.2 Å². The summed E-state index contributed by atoms with van der Waals surface area (Å²) in [6, 6.07) is 10.6. The summed E-state index contributed by atoms with van der Waals surface area (Å²) in [4.78, 5) is 14.5. The topological polar surface area (TPSA) is 49.8 Å². The van der Waals surface area contributed by atoms with Crippen molar-refractivity contribution in [3.8, 4) is 5.75 Å². The molecule has 1 unspecified atom stereocenters. The Kier molecular flexibility index (Phi) is 5.56. The predicted octanol–water partition coefficient (Wildman–Crippen LogP) is 4.01. The van der Waals surface area contributed by atoms with Gasteiger partial charge in [-0.25, -0.2) is 4.39 Å². The van der Waals surface area contributed by atoms with Crippen LogP contribution in [0.5, 0.6) is 5.75 Å². The molecule has 25 heavy (non-hydrogen) atoms. The van der Waals surface area contributed by atoms with Crippen molar-refractivity contribution in [2.45, 2.75) is 25.5 Å². The molecule has 0 aromatic heterocycles. The van der Waals surface area contributed by atoms with Gasteiger partial charge in [-0.1, -0.05) is 29.8 Å². The minimum atomic E-state index is -0.493. The van der Waals surface area contributed by atoms with Gasteiger partial charge in [-0.05, 0) is 37.1 Å². The van der Waals surface area contributed by atoms with Crippen molar-refractivity contribution in [3.05, 3.63) is 64.4 Å². The van der Waals surface area contributed by atoms with Gasteiger partial charge in [-0.15, -0.1) is 0 Å². The van der Waals surface area contributed by atoms with Gasteiger partial charge in [0.05, 0.1) is 16.7 Å². The van der Waals surface area contributed by atoms with Crippen LogP contribution >= 0.6 is 11.6 Å². The van der Waals surface area contributed by atoms with Crippen LogP contribution < -0.4 is 0 Å². The standard InChI is InChI=1S/C19H19ClFNO3/c20-17-10-14(21)7-8-16(17)19(24)22(12-15-5-3-9-25-15)11-13-4-1-2-6-18(13)23/h1-2,4,6-8,10,15,23H,3,5,9,11-12H2. The van der Waals surface area contributed by atoms with E-state index in [0.717, 1.165) is 18.9 Å². The molecule has 2 aromatic carbocycles. The van der Waals surface area contributed by atoms with E-state index in [1.165, 1.54) is 12.1 Å². The van der Waals surface area contributed by atoms with E-state index >= 15 is 0 Å². The highest BCUT2D eigenvalue weighted by Gasteiger charge is 2.25. The highest BCUT2D eigenvalue weighted by atomic mass is 35.5. The van der Waals surface area contributed by atoms with E-state index in [1.807, 2.05) is 0 Å². The Hall–Kier alpha value is -2.11. The summed E-state index contributed by atoms with van der Waals surface area (Å²) in [6.07, 6.45) is 1.79. The summed E-state index contributed by atoms with van der Waals surface area (Å²) in [5, 5.41) is 10.1. The summed E-state index contributed by atoms with van der Waals surface area (Å²) >= 11 is 6.05. The van der Waals surface area contributed by atoms with Crippen molar-refractivity contribution in [2.75, 3.05) is 13.2 Å². The molecule has 1 atom stereocenters. The Balaban J connectivity index is 1.86. The Bertz CT molecular complexity index is 762. The fourth-order valence-corrected chi connectivity index (χ4v) is 3.18. The molecule has 0 radical (unpaired) electrons. The number of hydrogen-bond donors (Lipinski definition) is 1. The second-order valence-electron chi connectivity index (χ2n) is 6.07. The maximum absolute atomic E-state index is 13.3. The van der Waals surface area contributed by atoms with E-state index < -0.39 is 5.82 Å². The van der Waals surface area contributed by atoms with Gasteiger partial charge in [0.2, 0.25) is 0 Å². The van der Waals surface area contributed by atoms with Crippen LogP contribution in [0.1, 0.15) is 28.8 Å². The third-order valence-electron chi connectivity index (χ3n) is 4.25.